The summed E-state index contributed by atoms with van der Waals surface area (Å²) >= 11 is 0. The minimum Gasteiger partial charge on any atom is -0.490 e. The molecule has 1 N–H and O–H groups in total. The summed E-state index contributed by atoms with van der Waals surface area (Å²) in [5.41, 5.74) is 8.87. The molecular formula is C38H34O4. The second-order valence-electron chi connectivity index (χ2n) is 9.95. The molecule has 0 aliphatic carbocycles. The summed E-state index contributed by atoms with van der Waals surface area (Å²) in [5.74, 6) is -0.238. The average molecular weight is 555 g/mol. The fraction of sp³-hybridized carbons (Fsp3) is 0.132. The lowest BCUT2D eigenvalue weighted by Gasteiger charge is -2.14. The zero-order valence-corrected chi connectivity index (χ0v) is 23.6. The number of carboxylic acid groups (broad SMARTS) is 1. The van der Waals surface area contributed by atoms with Gasteiger partial charge in [-0.1, -0.05) is 115 Å². The summed E-state index contributed by atoms with van der Waals surface area (Å²) in [5, 5.41) is 9.38. The van der Waals surface area contributed by atoms with E-state index in [0.717, 1.165) is 33.6 Å². The van der Waals surface area contributed by atoms with Crippen LogP contribution in [0.2, 0.25) is 0 Å². The van der Waals surface area contributed by atoms with E-state index in [1.54, 1.807) is 6.92 Å². The van der Waals surface area contributed by atoms with Crippen molar-refractivity contribution < 1.29 is 19.4 Å². The molecule has 4 heteroatoms. The van der Waals surface area contributed by atoms with Crippen molar-refractivity contribution in [2.75, 3.05) is 13.2 Å². The largest absolute Gasteiger partial charge is 0.490 e. The molecule has 5 aromatic rings. The number of benzene rings is 5. The third-order valence-corrected chi connectivity index (χ3v) is 7.11. The molecule has 0 bridgehead atoms. The number of hydrogen-bond donors (Lipinski definition) is 1. The SMILES string of the molecule is CCO[C@@H](Cc1ccc(OC/C=C(\c2ccc(-c3ccccc3)cc2)c2cccc(-c3ccccc3)c2)cc1)C(=O)O. The van der Waals surface area contributed by atoms with Gasteiger partial charge in [-0.3, -0.25) is 0 Å². The van der Waals surface area contributed by atoms with Crippen LogP contribution in [0.25, 0.3) is 27.8 Å². The zero-order valence-electron chi connectivity index (χ0n) is 23.6. The fourth-order valence-corrected chi connectivity index (χ4v) is 4.95. The summed E-state index contributed by atoms with van der Waals surface area (Å²) in [6, 6.07) is 45.5. The van der Waals surface area contributed by atoms with Crippen LogP contribution in [0.15, 0.2) is 140 Å². The molecule has 210 valence electrons. The maximum atomic E-state index is 11.4. The summed E-state index contributed by atoms with van der Waals surface area (Å²) < 4.78 is 11.5. The van der Waals surface area contributed by atoms with Gasteiger partial charge in [0.05, 0.1) is 0 Å². The summed E-state index contributed by atoms with van der Waals surface area (Å²) in [6.07, 6.45) is 1.57. The van der Waals surface area contributed by atoms with Crippen molar-refractivity contribution in [1.29, 1.82) is 0 Å². The van der Waals surface area contributed by atoms with Crippen molar-refractivity contribution in [3.63, 3.8) is 0 Å². The Hall–Kier alpha value is -4.93. The number of hydrogen-bond acceptors (Lipinski definition) is 3. The Bertz CT molecular complexity index is 1610. The molecule has 0 aliphatic heterocycles. The minimum atomic E-state index is -0.956. The van der Waals surface area contributed by atoms with Gasteiger partial charge in [-0.05, 0) is 75.7 Å². The highest BCUT2D eigenvalue weighted by molar-refractivity contribution is 5.83. The highest BCUT2D eigenvalue weighted by Gasteiger charge is 2.17. The Morgan fingerprint density at radius 2 is 1.29 bits per heavy atom. The van der Waals surface area contributed by atoms with Crippen LogP contribution in [0, 0.1) is 0 Å². The lowest BCUT2D eigenvalue weighted by Crippen LogP contribution is -2.26. The second-order valence-corrected chi connectivity index (χ2v) is 9.95. The Labute approximate surface area is 247 Å². The van der Waals surface area contributed by atoms with E-state index in [-0.39, 0.29) is 0 Å². The minimum absolute atomic E-state index is 0.310. The van der Waals surface area contributed by atoms with Gasteiger partial charge in [0, 0.05) is 13.0 Å². The molecule has 0 fully saturated rings. The number of rotatable bonds is 12. The molecule has 5 aromatic carbocycles. The Morgan fingerprint density at radius 1 is 0.690 bits per heavy atom. The molecule has 0 heterocycles. The topological polar surface area (TPSA) is 55.8 Å². The van der Waals surface area contributed by atoms with E-state index in [9.17, 15) is 9.90 Å². The van der Waals surface area contributed by atoms with Crippen LogP contribution in [0.1, 0.15) is 23.6 Å². The van der Waals surface area contributed by atoms with Crippen molar-refractivity contribution in [3.8, 4) is 28.0 Å². The van der Waals surface area contributed by atoms with Crippen LogP contribution >= 0.6 is 0 Å². The Morgan fingerprint density at radius 3 is 1.90 bits per heavy atom. The van der Waals surface area contributed by atoms with Gasteiger partial charge in [-0.25, -0.2) is 4.79 Å². The average Bonchev–Trinajstić information content (AvgIpc) is 3.04. The number of aliphatic carboxylic acids is 1. The normalized spacial score (nSPS) is 12.1. The standard InChI is InChI=1S/C38H34O4/c1-2-41-37(38(39)40)26-28-16-22-35(23-17-28)42-25-24-36(32-20-18-31(19-21-32)29-10-5-3-6-11-29)34-15-9-14-33(27-34)30-12-7-4-8-13-30/h3-24,27,37H,2,25-26H2,1H3,(H,39,40)/b36-24+/t37-/m0/s1. The molecule has 4 nitrogen and oxygen atoms in total. The van der Waals surface area contributed by atoms with E-state index < -0.39 is 12.1 Å². The van der Waals surface area contributed by atoms with Gasteiger partial charge in [-0.2, -0.15) is 0 Å². The number of carboxylic acids is 1. The van der Waals surface area contributed by atoms with Crippen molar-refractivity contribution in [2.24, 2.45) is 0 Å². The highest BCUT2D eigenvalue weighted by atomic mass is 16.5. The molecule has 0 radical (unpaired) electrons. The van der Waals surface area contributed by atoms with E-state index in [4.69, 9.17) is 9.47 Å². The molecule has 0 saturated heterocycles. The first-order valence-corrected chi connectivity index (χ1v) is 14.2. The first kappa shape index (κ1) is 28.6. The lowest BCUT2D eigenvalue weighted by molar-refractivity contribution is -0.149. The molecule has 42 heavy (non-hydrogen) atoms. The fourth-order valence-electron chi connectivity index (χ4n) is 4.95. The first-order chi connectivity index (χ1) is 20.6. The second kappa shape index (κ2) is 14.1. The molecule has 0 amide bonds. The molecular weight excluding hydrogens is 520 g/mol. The van der Waals surface area contributed by atoms with E-state index in [1.807, 2.05) is 36.4 Å². The van der Waals surface area contributed by atoms with Crippen LogP contribution in [0.3, 0.4) is 0 Å². The van der Waals surface area contributed by atoms with Crippen LogP contribution in [-0.2, 0) is 16.0 Å². The van der Waals surface area contributed by atoms with Crippen LogP contribution in [0.5, 0.6) is 5.75 Å². The molecule has 5 rings (SSSR count). The van der Waals surface area contributed by atoms with E-state index >= 15 is 0 Å². The number of ether oxygens (including phenoxy) is 2. The summed E-state index contributed by atoms with van der Waals surface area (Å²) in [4.78, 5) is 11.4. The van der Waals surface area contributed by atoms with E-state index in [2.05, 4.69) is 103 Å². The molecule has 0 aliphatic rings. The lowest BCUT2D eigenvalue weighted by atomic mass is 9.93. The Balaban J connectivity index is 1.38. The summed E-state index contributed by atoms with van der Waals surface area (Å²) in [6.45, 7) is 2.53. The van der Waals surface area contributed by atoms with Crippen molar-refractivity contribution >= 4 is 11.5 Å². The van der Waals surface area contributed by atoms with Crippen LogP contribution in [0.4, 0.5) is 0 Å². The van der Waals surface area contributed by atoms with Crippen molar-refractivity contribution in [2.45, 2.75) is 19.4 Å². The van der Waals surface area contributed by atoms with Gasteiger partial charge in [0.15, 0.2) is 6.10 Å². The molecule has 0 unspecified atom stereocenters. The van der Waals surface area contributed by atoms with E-state index in [1.165, 1.54) is 16.7 Å². The van der Waals surface area contributed by atoms with Crippen molar-refractivity contribution in [3.05, 3.63) is 156 Å². The quantitative estimate of drug-likeness (QED) is 0.168. The molecule has 0 aromatic heterocycles. The van der Waals surface area contributed by atoms with Gasteiger partial charge >= 0.3 is 5.97 Å². The Kier molecular flexibility index (Phi) is 9.61. The maximum Gasteiger partial charge on any atom is 0.333 e. The van der Waals surface area contributed by atoms with Gasteiger partial charge < -0.3 is 14.6 Å². The predicted octanol–water partition coefficient (Wildman–Crippen LogP) is 8.56. The van der Waals surface area contributed by atoms with Gasteiger partial charge in [0.2, 0.25) is 0 Å². The van der Waals surface area contributed by atoms with Gasteiger partial charge in [-0.15, -0.1) is 0 Å². The molecule has 1 atom stereocenters. The highest BCUT2D eigenvalue weighted by Crippen LogP contribution is 2.30. The zero-order chi connectivity index (χ0) is 29.1. The summed E-state index contributed by atoms with van der Waals surface area (Å²) in [7, 11) is 0. The van der Waals surface area contributed by atoms with Crippen LogP contribution < -0.4 is 4.74 Å². The molecule has 0 spiro atoms. The monoisotopic (exact) mass is 554 g/mol. The third-order valence-electron chi connectivity index (χ3n) is 7.11. The van der Waals surface area contributed by atoms with Gasteiger partial charge in [0.25, 0.3) is 0 Å². The first-order valence-electron chi connectivity index (χ1n) is 14.2. The van der Waals surface area contributed by atoms with Gasteiger partial charge in [0.1, 0.15) is 12.4 Å². The van der Waals surface area contributed by atoms with E-state index in [0.29, 0.717) is 19.6 Å². The molecule has 0 saturated carbocycles. The maximum absolute atomic E-state index is 11.4. The third kappa shape index (κ3) is 7.42. The van der Waals surface area contributed by atoms with Crippen LogP contribution in [-0.4, -0.2) is 30.4 Å². The number of carbonyl (C=O) groups is 1. The smallest absolute Gasteiger partial charge is 0.333 e. The van der Waals surface area contributed by atoms with Crippen molar-refractivity contribution in [1.82, 2.24) is 0 Å². The predicted molar refractivity (Wildman–Crippen MR) is 170 cm³/mol.